The van der Waals surface area contributed by atoms with Crippen LogP contribution in [0.1, 0.15) is 26.7 Å². The van der Waals surface area contributed by atoms with Crippen LogP contribution in [0.2, 0.25) is 0 Å². The number of imidazole rings is 1. The Morgan fingerprint density at radius 1 is 1.45 bits per heavy atom. The van der Waals surface area contributed by atoms with Crippen molar-refractivity contribution in [2.75, 3.05) is 12.3 Å². The number of nitrogens with zero attached hydrogens (tertiary/aromatic N) is 4. The van der Waals surface area contributed by atoms with E-state index in [2.05, 4.69) is 28.8 Å². The minimum atomic E-state index is -0.795. The van der Waals surface area contributed by atoms with E-state index in [0.717, 1.165) is 0 Å². The summed E-state index contributed by atoms with van der Waals surface area (Å²) in [5.74, 6) is 0.627. The first kappa shape index (κ1) is 15.1. The molecular formula is C14H21N5O3. The van der Waals surface area contributed by atoms with Crippen molar-refractivity contribution in [2.45, 2.75) is 44.6 Å². The maximum Gasteiger partial charge on any atom is 0.167 e. The molecule has 1 aliphatic heterocycles. The van der Waals surface area contributed by atoms with Crippen LogP contribution in [0.5, 0.6) is 0 Å². The van der Waals surface area contributed by atoms with Crippen LogP contribution in [0.25, 0.3) is 11.2 Å². The predicted molar refractivity (Wildman–Crippen MR) is 79.7 cm³/mol. The average Bonchev–Trinajstić information content (AvgIpc) is 3.01. The number of rotatable bonds is 4. The summed E-state index contributed by atoms with van der Waals surface area (Å²) in [6.45, 7) is 3.92. The van der Waals surface area contributed by atoms with Gasteiger partial charge in [0.1, 0.15) is 17.9 Å². The largest absolute Gasteiger partial charge is 0.394 e. The van der Waals surface area contributed by atoms with Crippen LogP contribution in [0.3, 0.4) is 0 Å². The lowest BCUT2D eigenvalue weighted by Gasteiger charge is -2.32. The fraction of sp³-hybridized carbons (Fsp3) is 0.643. The van der Waals surface area contributed by atoms with E-state index in [1.165, 1.54) is 6.33 Å². The zero-order valence-electron chi connectivity index (χ0n) is 12.7. The highest BCUT2D eigenvalue weighted by Gasteiger charge is 2.48. The van der Waals surface area contributed by atoms with Crippen molar-refractivity contribution >= 4 is 17.0 Å². The fourth-order valence-electron chi connectivity index (χ4n) is 3.20. The first-order chi connectivity index (χ1) is 10.5. The third-order valence-corrected chi connectivity index (χ3v) is 4.04. The van der Waals surface area contributed by atoms with Gasteiger partial charge >= 0.3 is 0 Å². The van der Waals surface area contributed by atoms with E-state index in [4.69, 9.17) is 10.5 Å². The standard InChI is InChI=1S/C14H21N5O3/c1-8(2)3-14(4-9(21)10(5-20)22-14)19-7-18-11-12(15)16-6-17-13(11)19/h6-10,20-21H,3-5H2,1-2H3,(H2,15,16,17)/t9-,10+,14+/m0/s1. The monoisotopic (exact) mass is 307 g/mol. The maximum absolute atomic E-state index is 10.2. The Morgan fingerprint density at radius 2 is 2.23 bits per heavy atom. The van der Waals surface area contributed by atoms with Gasteiger partial charge in [-0.25, -0.2) is 15.0 Å². The number of aliphatic hydroxyl groups excluding tert-OH is 2. The molecule has 1 saturated heterocycles. The highest BCUT2D eigenvalue weighted by atomic mass is 16.6. The molecule has 2 aromatic rings. The molecule has 0 bridgehead atoms. The summed E-state index contributed by atoms with van der Waals surface area (Å²) in [7, 11) is 0. The zero-order chi connectivity index (χ0) is 15.9. The molecule has 3 heterocycles. The third kappa shape index (κ3) is 2.33. The minimum absolute atomic E-state index is 0.231. The van der Waals surface area contributed by atoms with E-state index in [1.807, 2.05) is 0 Å². The van der Waals surface area contributed by atoms with Gasteiger partial charge in [0.2, 0.25) is 0 Å². The van der Waals surface area contributed by atoms with Gasteiger partial charge in [-0.05, 0) is 12.3 Å². The average molecular weight is 307 g/mol. The van der Waals surface area contributed by atoms with E-state index in [-0.39, 0.29) is 6.61 Å². The highest BCUT2D eigenvalue weighted by molar-refractivity contribution is 5.81. The molecule has 0 amide bonds. The fourth-order valence-corrected chi connectivity index (χ4v) is 3.20. The molecule has 0 aliphatic carbocycles. The number of nitrogens with two attached hydrogens (primary N) is 1. The Balaban J connectivity index is 2.11. The van der Waals surface area contributed by atoms with Gasteiger partial charge in [0, 0.05) is 6.42 Å². The molecule has 0 unspecified atom stereocenters. The summed E-state index contributed by atoms with van der Waals surface area (Å²) < 4.78 is 7.84. The van der Waals surface area contributed by atoms with Gasteiger partial charge in [-0.3, -0.25) is 4.57 Å². The van der Waals surface area contributed by atoms with Crippen molar-refractivity contribution in [3.05, 3.63) is 12.7 Å². The molecule has 4 N–H and O–H groups in total. The summed E-state index contributed by atoms with van der Waals surface area (Å²) in [5.41, 5.74) is 6.12. The minimum Gasteiger partial charge on any atom is -0.394 e. The van der Waals surface area contributed by atoms with Gasteiger partial charge in [0.15, 0.2) is 17.2 Å². The van der Waals surface area contributed by atoms with Gasteiger partial charge in [0.25, 0.3) is 0 Å². The van der Waals surface area contributed by atoms with Crippen LogP contribution >= 0.6 is 0 Å². The molecule has 3 atom stereocenters. The number of aromatic nitrogens is 4. The van der Waals surface area contributed by atoms with E-state index in [1.54, 1.807) is 10.9 Å². The molecule has 0 radical (unpaired) electrons. The Kier molecular flexibility index (Phi) is 3.75. The van der Waals surface area contributed by atoms with Crippen molar-refractivity contribution in [3.63, 3.8) is 0 Å². The summed E-state index contributed by atoms with van der Waals surface area (Å²) in [4.78, 5) is 12.5. The zero-order valence-corrected chi connectivity index (χ0v) is 12.7. The quantitative estimate of drug-likeness (QED) is 0.740. The second kappa shape index (κ2) is 5.45. The molecule has 0 spiro atoms. The van der Waals surface area contributed by atoms with E-state index < -0.39 is 17.9 Å². The number of nitrogen functional groups attached to an aromatic ring is 1. The molecule has 22 heavy (non-hydrogen) atoms. The van der Waals surface area contributed by atoms with Gasteiger partial charge in [-0.2, -0.15) is 0 Å². The Bertz CT molecular complexity index is 674. The van der Waals surface area contributed by atoms with Crippen molar-refractivity contribution in [3.8, 4) is 0 Å². The second-order valence-corrected chi connectivity index (χ2v) is 6.20. The lowest BCUT2D eigenvalue weighted by molar-refractivity contribution is -0.125. The van der Waals surface area contributed by atoms with Crippen molar-refractivity contribution in [2.24, 2.45) is 5.92 Å². The number of hydrogen-bond donors (Lipinski definition) is 3. The van der Waals surface area contributed by atoms with Crippen molar-refractivity contribution < 1.29 is 14.9 Å². The highest BCUT2D eigenvalue weighted by Crippen LogP contribution is 2.41. The molecular weight excluding hydrogens is 286 g/mol. The van der Waals surface area contributed by atoms with Gasteiger partial charge in [-0.1, -0.05) is 13.8 Å². The number of fused-ring (bicyclic) bond motifs is 1. The molecule has 1 aliphatic rings. The molecule has 0 aromatic carbocycles. The molecule has 8 nitrogen and oxygen atoms in total. The van der Waals surface area contributed by atoms with Crippen molar-refractivity contribution in [1.82, 2.24) is 19.5 Å². The topological polar surface area (TPSA) is 119 Å². The molecule has 0 saturated carbocycles. The van der Waals surface area contributed by atoms with Gasteiger partial charge in [0.05, 0.1) is 19.0 Å². The Labute approximate surface area is 128 Å². The molecule has 3 rings (SSSR count). The number of hydrogen-bond acceptors (Lipinski definition) is 7. The summed E-state index contributed by atoms with van der Waals surface area (Å²) in [5, 5.41) is 19.6. The molecule has 1 fully saturated rings. The third-order valence-electron chi connectivity index (χ3n) is 4.04. The Hall–Kier alpha value is -1.77. The number of anilines is 1. The smallest absolute Gasteiger partial charge is 0.167 e. The maximum atomic E-state index is 10.2. The van der Waals surface area contributed by atoms with Gasteiger partial charge < -0.3 is 20.7 Å². The SMILES string of the molecule is CC(C)C[C@]1(n2cnc3c(N)ncnc32)C[C@H](O)[C@@H](CO)O1. The normalized spacial score (nSPS) is 28.8. The second-order valence-electron chi connectivity index (χ2n) is 6.20. The molecule has 120 valence electrons. The summed E-state index contributed by atoms with van der Waals surface area (Å²) in [6, 6.07) is 0. The first-order valence-electron chi connectivity index (χ1n) is 7.37. The van der Waals surface area contributed by atoms with Crippen LogP contribution in [0.15, 0.2) is 12.7 Å². The molecule has 2 aromatic heterocycles. The Morgan fingerprint density at radius 3 is 2.86 bits per heavy atom. The van der Waals surface area contributed by atoms with Crippen molar-refractivity contribution in [1.29, 1.82) is 0 Å². The van der Waals surface area contributed by atoms with E-state index >= 15 is 0 Å². The number of aliphatic hydroxyl groups is 2. The van der Waals surface area contributed by atoms with Gasteiger partial charge in [-0.15, -0.1) is 0 Å². The van der Waals surface area contributed by atoms with Crippen LogP contribution in [-0.2, 0) is 10.5 Å². The van der Waals surface area contributed by atoms with Crippen LogP contribution in [0.4, 0.5) is 5.82 Å². The van der Waals surface area contributed by atoms with Crippen LogP contribution in [-0.4, -0.2) is 48.5 Å². The molecule has 8 heteroatoms. The van der Waals surface area contributed by atoms with Crippen LogP contribution < -0.4 is 5.73 Å². The summed E-state index contributed by atoms with van der Waals surface area (Å²) in [6.07, 6.45) is 2.68. The lowest BCUT2D eigenvalue weighted by atomic mass is 9.96. The van der Waals surface area contributed by atoms with E-state index in [9.17, 15) is 10.2 Å². The number of ether oxygens (including phenoxy) is 1. The van der Waals surface area contributed by atoms with Crippen LogP contribution in [0, 0.1) is 5.92 Å². The summed E-state index contributed by atoms with van der Waals surface area (Å²) >= 11 is 0. The lowest BCUT2D eigenvalue weighted by Crippen LogP contribution is -2.35. The first-order valence-corrected chi connectivity index (χ1v) is 7.37. The van der Waals surface area contributed by atoms with E-state index in [0.29, 0.717) is 35.7 Å². The predicted octanol–water partition coefficient (Wildman–Crippen LogP) is 0.249.